The zero-order valence-corrected chi connectivity index (χ0v) is 13.5. The largest absolute Gasteiger partial charge is 0.493 e. The number of thiophene rings is 1. The van der Waals surface area contributed by atoms with Gasteiger partial charge in [-0.2, -0.15) is 0 Å². The third-order valence-electron chi connectivity index (χ3n) is 3.50. The van der Waals surface area contributed by atoms with Crippen LogP contribution in [0.15, 0.2) is 30.4 Å². The molecule has 0 N–H and O–H groups in total. The van der Waals surface area contributed by atoms with Crippen molar-refractivity contribution >= 4 is 27.2 Å². The lowest BCUT2D eigenvalue weighted by Crippen LogP contribution is -1.96. The highest BCUT2D eigenvalue weighted by Crippen LogP contribution is 2.36. The molecule has 1 heterocycles. The second kappa shape index (κ2) is 6.76. The van der Waals surface area contributed by atoms with Crippen molar-refractivity contribution in [1.82, 2.24) is 0 Å². The van der Waals surface area contributed by atoms with Gasteiger partial charge in [0.05, 0.1) is 19.1 Å². The highest BCUT2D eigenvalue weighted by Gasteiger charge is 2.13. The molecule has 2 aromatic rings. The Morgan fingerprint density at radius 1 is 1.14 bits per heavy atom. The predicted molar refractivity (Wildman–Crippen MR) is 87.9 cm³/mol. The number of benzene rings is 1. The van der Waals surface area contributed by atoms with Crippen LogP contribution in [0.4, 0.5) is 0 Å². The number of rotatable bonds is 7. The van der Waals surface area contributed by atoms with E-state index in [1.165, 1.54) is 11.3 Å². The number of carbonyl (C=O) groups is 1. The van der Waals surface area contributed by atoms with Crippen molar-refractivity contribution in [1.29, 1.82) is 0 Å². The van der Waals surface area contributed by atoms with Crippen LogP contribution in [0.1, 0.15) is 35.9 Å². The number of methoxy groups -OCH3 is 2. The molecule has 4 heteroatoms. The Bertz CT molecular complexity index is 629. The molecule has 0 unspecified atom stereocenters. The highest BCUT2D eigenvalue weighted by atomic mass is 32.1. The van der Waals surface area contributed by atoms with E-state index in [-0.39, 0.29) is 5.78 Å². The maximum absolute atomic E-state index is 12.3. The molecule has 0 radical (unpaired) electrons. The van der Waals surface area contributed by atoms with Gasteiger partial charge in [-0.3, -0.25) is 4.79 Å². The Labute approximate surface area is 129 Å². The molecular formula is C17H20O3S. The molecule has 0 saturated heterocycles. The van der Waals surface area contributed by atoms with Gasteiger partial charge >= 0.3 is 0 Å². The maximum Gasteiger partial charge on any atom is 0.173 e. The number of ketones is 1. The lowest BCUT2D eigenvalue weighted by molar-refractivity contribution is 0.0986. The summed E-state index contributed by atoms with van der Waals surface area (Å²) in [6.45, 7) is 6.01. The Morgan fingerprint density at radius 2 is 1.81 bits per heavy atom. The summed E-state index contributed by atoms with van der Waals surface area (Å²) in [4.78, 5) is 13.0. The molecular weight excluding hydrogens is 284 g/mol. The molecule has 0 amide bonds. The van der Waals surface area contributed by atoms with Gasteiger partial charge in [-0.1, -0.05) is 19.1 Å². The first-order valence-electron chi connectivity index (χ1n) is 6.94. The monoisotopic (exact) mass is 304 g/mol. The van der Waals surface area contributed by atoms with Gasteiger partial charge in [0.1, 0.15) is 0 Å². The Balaban J connectivity index is 2.26. The van der Waals surface area contributed by atoms with E-state index in [2.05, 4.69) is 13.5 Å². The fourth-order valence-electron chi connectivity index (χ4n) is 2.09. The topological polar surface area (TPSA) is 35.5 Å². The molecule has 3 nitrogen and oxygen atoms in total. The van der Waals surface area contributed by atoms with Crippen molar-refractivity contribution < 1.29 is 14.3 Å². The summed E-state index contributed by atoms with van der Waals surface area (Å²) in [6, 6.07) is 5.76. The average Bonchev–Trinajstić information content (AvgIpc) is 2.93. The van der Waals surface area contributed by atoms with Crippen molar-refractivity contribution in [3.8, 4) is 11.5 Å². The minimum Gasteiger partial charge on any atom is -0.493 e. The normalized spacial score (nSPS) is 10.6. The molecule has 0 aliphatic carbocycles. The molecule has 0 aliphatic rings. The standard InChI is InChI=1S/C17H20O3S/c1-5-11(2)6-7-13(18)17-9-12-8-14(19-3)15(20-4)10-16(12)21-17/h8-10H,2,5-7H2,1,3-4H3. The van der Waals surface area contributed by atoms with Gasteiger partial charge in [0, 0.05) is 17.2 Å². The van der Waals surface area contributed by atoms with Gasteiger partial charge in [0.25, 0.3) is 0 Å². The second-order valence-electron chi connectivity index (χ2n) is 4.88. The van der Waals surface area contributed by atoms with Crippen molar-refractivity contribution in [2.45, 2.75) is 26.2 Å². The molecule has 1 aromatic carbocycles. The van der Waals surface area contributed by atoms with Gasteiger partial charge in [0.2, 0.25) is 0 Å². The molecule has 0 aliphatic heterocycles. The summed E-state index contributed by atoms with van der Waals surface area (Å²) in [5.74, 6) is 1.54. The van der Waals surface area contributed by atoms with E-state index >= 15 is 0 Å². The quantitative estimate of drug-likeness (QED) is 0.542. The maximum atomic E-state index is 12.3. The first kappa shape index (κ1) is 15.6. The number of hydrogen-bond donors (Lipinski definition) is 0. The highest BCUT2D eigenvalue weighted by molar-refractivity contribution is 7.20. The van der Waals surface area contributed by atoms with E-state index in [0.717, 1.165) is 33.4 Å². The van der Waals surface area contributed by atoms with Crippen LogP contribution < -0.4 is 9.47 Å². The van der Waals surface area contributed by atoms with E-state index in [9.17, 15) is 4.79 Å². The number of ether oxygens (including phenoxy) is 2. The molecule has 0 spiro atoms. The fraction of sp³-hybridized carbons (Fsp3) is 0.353. The van der Waals surface area contributed by atoms with Gasteiger partial charge in [-0.05, 0) is 30.4 Å². The molecule has 0 fully saturated rings. The second-order valence-corrected chi connectivity index (χ2v) is 5.97. The first-order valence-corrected chi connectivity index (χ1v) is 7.76. The number of carbonyl (C=O) groups excluding carboxylic acids is 1. The summed E-state index contributed by atoms with van der Waals surface area (Å²) in [6.07, 6.45) is 2.21. The third-order valence-corrected chi connectivity index (χ3v) is 4.64. The molecule has 0 saturated carbocycles. The Kier molecular flexibility index (Phi) is 5.02. The van der Waals surface area contributed by atoms with E-state index in [1.807, 2.05) is 18.2 Å². The number of allylic oxidation sites excluding steroid dienone is 1. The Hall–Kier alpha value is -1.81. The van der Waals surface area contributed by atoms with E-state index in [1.54, 1.807) is 14.2 Å². The van der Waals surface area contributed by atoms with Crippen LogP contribution in [0.2, 0.25) is 0 Å². The van der Waals surface area contributed by atoms with E-state index < -0.39 is 0 Å². The summed E-state index contributed by atoms with van der Waals surface area (Å²) in [5.41, 5.74) is 1.12. The summed E-state index contributed by atoms with van der Waals surface area (Å²) in [5, 5.41) is 1.01. The summed E-state index contributed by atoms with van der Waals surface area (Å²) < 4.78 is 11.6. The fourth-order valence-corrected chi connectivity index (χ4v) is 3.13. The van der Waals surface area contributed by atoms with Crippen LogP contribution in [0.25, 0.3) is 10.1 Å². The minimum absolute atomic E-state index is 0.170. The van der Waals surface area contributed by atoms with Crippen LogP contribution in [0.5, 0.6) is 11.5 Å². The van der Waals surface area contributed by atoms with Crippen LogP contribution >= 0.6 is 11.3 Å². The summed E-state index contributed by atoms with van der Waals surface area (Å²) in [7, 11) is 3.22. The smallest absolute Gasteiger partial charge is 0.173 e. The first-order chi connectivity index (χ1) is 10.1. The molecule has 0 atom stereocenters. The minimum atomic E-state index is 0.170. The molecule has 21 heavy (non-hydrogen) atoms. The zero-order valence-electron chi connectivity index (χ0n) is 12.7. The van der Waals surface area contributed by atoms with Crippen molar-refractivity contribution in [2.24, 2.45) is 0 Å². The van der Waals surface area contributed by atoms with Crippen molar-refractivity contribution in [3.63, 3.8) is 0 Å². The van der Waals surface area contributed by atoms with Gasteiger partial charge in [-0.15, -0.1) is 11.3 Å². The van der Waals surface area contributed by atoms with Gasteiger partial charge < -0.3 is 9.47 Å². The molecule has 2 rings (SSSR count). The van der Waals surface area contributed by atoms with E-state index in [4.69, 9.17) is 9.47 Å². The van der Waals surface area contributed by atoms with Crippen molar-refractivity contribution in [3.05, 3.63) is 35.2 Å². The molecule has 0 bridgehead atoms. The van der Waals surface area contributed by atoms with Crippen LogP contribution in [-0.4, -0.2) is 20.0 Å². The van der Waals surface area contributed by atoms with Crippen LogP contribution in [0.3, 0.4) is 0 Å². The van der Waals surface area contributed by atoms with Crippen LogP contribution in [-0.2, 0) is 0 Å². The number of hydrogen-bond acceptors (Lipinski definition) is 4. The molecule has 112 valence electrons. The van der Waals surface area contributed by atoms with Gasteiger partial charge in [-0.25, -0.2) is 0 Å². The zero-order chi connectivity index (χ0) is 15.4. The summed E-state index contributed by atoms with van der Waals surface area (Å²) >= 11 is 1.50. The van der Waals surface area contributed by atoms with Gasteiger partial charge in [0.15, 0.2) is 17.3 Å². The average molecular weight is 304 g/mol. The Morgan fingerprint density at radius 3 is 2.43 bits per heavy atom. The van der Waals surface area contributed by atoms with Crippen molar-refractivity contribution in [2.75, 3.05) is 14.2 Å². The van der Waals surface area contributed by atoms with E-state index in [0.29, 0.717) is 17.9 Å². The predicted octanol–water partition coefficient (Wildman–Crippen LogP) is 4.85. The third kappa shape index (κ3) is 3.45. The lowest BCUT2D eigenvalue weighted by Gasteiger charge is -2.06. The SMILES string of the molecule is C=C(CC)CCC(=O)c1cc2cc(OC)c(OC)cc2s1. The lowest BCUT2D eigenvalue weighted by atomic mass is 10.1. The number of fused-ring (bicyclic) bond motifs is 1. The number of Topliss-reactive ketones (excluding diaryl/α,β-unsaturated/α-hetero) is 1. The van der Waals surface area contributed by atoms with Crippen LogP contribution in [0, 0.1) is 0 Å². The molecule has 1 aromatic heterocycles.